The van der Waals surface area contributed by atoms with E-state index in [2.05, 4.69) is 10.2 Å². The van der Waals surface area contributed by atoms with Gasteiger partial charge in [0.1, 0.15) is 5.54 Å². The summed E-state index contributed by atoms with van der Waals surface area (Å²) in [5, 5.41) is 12.6. The summed E-state index contributed by atoms with van der Waals surface area (Å²) in [5.41, 5.74) is -0.727. The molecule has 1 atom stereocenters. The van der Waals surface area contributed by atoms with E-state index < -0.39 is 11.5 Å². The predicted molar refractivity (Wildman–Crippen MR) is 59.5 cm³/mol. The van der Waals surface area contributed by atoms with Crippen molar-refractivity contribution in [3.05, 3.63) is 0 Å². The predicted octanol–water partition coefficient (Wildman–Crippen LogP) is -0.0845. The van der Waals surface area contributed by atoms with Crippen LogP contribution in [0.25, 0.3) is 0 Å². The van der Waals surface area contributed by atoms with Crippen molar-refractivity contribution in [1.82, 2.24) is 10.2 Å². The van der Waals surface area contributed by atoms with Crippen LogP contribution in [0.15, 0.2) is 0 Å². The molecule has 16 heavy (non-hydrogen) atoms. The molecule has 0 aromatic rings. The minimum atomic E-state index is -0.727. The van der Waals surface area contributed by atoms with Gasteiger partial charge in [-0.15, -0.1) is 0 Å². The number of rotatable bonds is 3. The molecular formula is C11H20N2O3. The zero-order chi connectivity index (χ0) is 11.4. The lowest BCUT2D eigenvalue weighted by molar-refractivity contribution is -0.147. The lowest BCUT2D eigenvalue weighted by Gasteiger charge is -2.39. The Hall–Kier alpha value is -0.650. The number of piperidine rings is 1. The standard InChI is InChI=1S/C11H20N2O3/c14-10(15)11(3-1-2-4-12-11)9-13-5-7-16-8-6-13/h12H,1-9H2,(H,14,15). The Morgan fingerprint density at radius 3 is 2.69 bits per heavy atom. The maximum atomic E-state index is 11.4. The van der Waals surface area contributed by atoms with Gasteiger partial charge >= 0.3 is 5.97 Å². The molecular weight excluding hydrogens is 208 g/mol. The van der Waals surface area contributed by atoms with Crippen molar-refractivity contribution in [3.63, 3.8) is 0 Å². The first-order valence-corrected chi connectivity index (χ1v) is 6.01. The number of carboxylic acid groups (broad SMARTS) is 1. The number of ether oxygens (including phenoxy) is 1. The number of aliphatic carboxylic acids is 1. The van der Waals surface area contributed by atoms with Crippen LogP contribution in [0, 0.1) is 0 Å². The molecule has 2 rings (SSSR count). The minimum absolute atomic E-state index is 0.603. The van der Waals surface area contributed by atoms with Gasteiger partial charge in [0, 0.05) is 19.6 Å². The minimum Gasteiger partial charge on any atom is -0.480 e. The molecule has 2 N–H and O–H groups in total. The molecule has 2 saturated heterocycles. The number of morpholine rings is 1. The number of hydrogen-bond donors (Lipinski definition) is 2. The van der Waals surface area contributed by atoms with Gasteiger partial charge in [0.15, 0.2) is 0 Å². The molecule has 0 aromatic carbocycles. The third kappa shape index (κ3) is 2.53. The van der Waals surface area contributed by atoms with Crippen LogP contribution in [-0.2, 0) is 9.53 Å². The molecule has 0 aromatic heterocycles. The van der Waals surface area contributed by atoms with Gasteiger partial charge in [0.05, 0.1) is 13.2 Å². The number of carboxylic acids is 1. The van der Waals surface area contributed by atoms with E-state index in [-0.39, 0.29) is 0 Å². The summed E-state index contributed by atoms with van der Waals surface area (Å²) in [6.07, 6.45) is 2.82. The second-order valence-corrected chi connectivity index (χ2v) is 4.66. The molecule has 2 heterocycles. The number of carbonyl (C=O) groups is 1. The third-order valence-corrected chi connectivity index (χ3v) is 3.50. The van der Waals surface area contributed by atoms with Crippen LogP contribution in [0.5, 0.6) is 0 Å². The monoisotopic (exact) mass is 228 g/mol. The summed E-state index contributed by atoms with van der Waals surface area (Å²) < 4.78 is 5.27. The van der Waals surface area contributed by atoms with Crippen molar-refractivity contribution in [2.45, 2.75) is 24.8 Å². The smallest absolute Gasteiger partial charge is 0.325 e. The number of hydrogen-bond acceptors (Lipinski definition) is 4. The van der Waals surface area contributed by atoms with Crippen LogP contribution in [-0.4, -0.2) is 60.9 Å². The molecule has 0 radical (unpaired) electrons. The Morgan fingerprint density at radius 2 is 2.12 bits per heavy atom. The summed E-state index contributed by atoms with van der Waals surface area (Å²) in [5.74, 6) is -0.710. The quantitative estimate of drug-likeness (QED) is 0.707. The lowest BCUT2D eigenvalue weighted by Crippen LogP contribution is -2.62. The molecule has 0 aliphatic carbocycles. The summed E-state index contributed by atoms with van der Waals surface area (Å²) in [7, 11) is 0. The fourth-order valence-corrected chi connectivity index (χ4v) is 2.49. The first kappa shape index (κ1) is 11.8. The van der Waals surface area contributed by atoms with Gasteiger partial charge in [-0.25, -0.2) is 0 Å². The molecule has 5 heteroatoms. The topological polar surface area (TPSA) is 61.8 Å². The molecule has 0 bridgehead atoms. The highest BCUT2D eigenvalue weighted by Gasteiger charge is 2.41. The second kappa shape index (κ2) is 5.12. The summed E-state index contributed by atoms with van der Waals surface area (Å²) in [6.45, 7) is 4.54. The average molecular weight is 228 g/mol. The molecule has 2 fully saturated rings. The maximum absolute atomic E-state index is 11.4. The van der Waals surface area contributed by atoms with Crippen LogP contribution in [0.1, 0.15) is 19.3 Å². The Morgan fingerprint density at radius 1 is 1.38 bits per heavy atom. The molecule has 92 valence electrons. The van der Waals surface area contributed by atoms with E-state index in [4.69, 9.17) is 4.74 Å². The van der Waals surface area contributed by atoms with Crippen molar-refractivity contribution in [3.8, 4) is 0 Å². The van der Waals surface area contributed by atoms with Gasteiger partial charge in [-0.05, 0) is 25.8 Å². The van der Waals surface area contributed by atoms with Crippen molar-refractivity contribution in [2.24, 2.45) is 0 Å². The highest BCUT2D eigenvalue weighted by Crippen LogP contribution is 2.21. The molecule has 5 nitrogen and oxygen atoms in total. The van der Waals surface area contributed by atoms with Gasteiger partial charge in [-0.2, -0.15) is 0 Å². The van der Waals surface area contributed by atoms with Crippen LogP contribution in [0.2, 0.25) is 0 Å². The second-order valence-electron chi connectivity index (χ2n) is 4.66. The number of nitrogens with zero attached hydrogens (tertiary/aromatic N) is 1. The normalized spacial score (nSPS) is 32.5. The highest BCUT2D eigenvalue weighted by molar-refractivity contribution is 5.79. The van der Waals surface area contributed by atoms with E-state index >= 15 is 0 Å². The molecule has 1 unspecified atom stereocenters. The van der Waals surface area contributed by atoms with Crippen molar-refractivity contribution in [1.29, 1.82) is 0 Å². The van der Waals surface area contributed by atoms with E-state index in [0.717, 1.165) is 52.1 Å². The van der Waals surface area contributed by atoms with E-state index in [1.54, 1.807) is 0 Å². The summed E-state index contributed by atoms with van der Waals surface area (Å²) in [4.78, 5) is 13.6. The van der Waals surface area contributed by atoms with E-state index in [0.29, 0.717) is 6.54 Å². The van der Waals surface area contributed by atoms with Gasteiger partial charge in [0.2, 0.25) is 0 Å². The van der Waals surface area contributed by atoms with E-state index in [9.17, 15) is 9.90 Å². The first-order chi connectivity index (χ1) is 7.73. The first-order valence-electron chi connectivity index (χ1n) is 6.01. The Kier molecular flexibility index (Phi) is 3.78. The lowest BCUT2D eigenvalue weighted by atomic mass is 9.88. The third-order valence-electron chi connectivity index (χ3n) is 3.50. The zero-order valence-corrected chi connectivity index (χ0v) is 9.57. The molecule has 0 saturated carbocycles. The molecule has 2 aliphatic heterocycles. The largest absolute Gasteiger partial charge is 0.480 e. The number of nitrogens with one attached hydrogen (secondary N) is 1. The fourth-order valence-electron chi connectivity index (χ4n) is 2.49. The zero-order valence-electron chi connectivity index (χ0n) is 9.57. The Labute approximate surface area is 95.8 Å². The van der Waals surface area contributed by atoms with E-state index in [1.807, 2.05) is 0 Å². The van der Waals surface area contributed by atoms with E-state index in [1.165, 1.54) is 0 Å². The summed E-state index contributed by atoms with van der Waals surface area (Å²) in [6, 6.07) is 0. The molecule has 0 amide bonds. The average Bonchev–Trinajstić information content (AvgIpc) is 2.31. The maximum Gasteiger partial charge on any atom is 0.325 e. The fraction of sp³-hybridized carbons (Fsp3) is 0.909. The van der Waals surface area contributed by atoms with Gasteiger partial charge in [-0.1, -0.05) is 0 Å². The molecule has 0 spiro atoms. The SMILES string of the molecule is O=C(O)C1(CN2CCOCC2)CCCCN1. The summed E-state index contributed by atoms with van der Waals surface area (Å²) >= 11 is 0. The van der Waals surface area contributed by atoms with Crippen LogP contribution in [0.3, 0.4) is 0 Å². The van der Waals surface area contributed by atoms with Gasteiger partial charge in [0.25, 0.3) is 0 Å². The van der Waals surface area contributed by atoms with Crippen LogP contribution >= 0.6 is 0 Å². The van der Waals surface area contributed by atoms with Crippen LogP contribution in [0.4, 0.5) is 0 Å². The Bertz CT molecular complexity index is 246. The van der Waals surface area contributed by atoms with Gasteiger partial charge in [-0.3, -0.25) is 9.69 Å². The van der Waals surface area contributed by atoms with Crippen molar-refractivity contribution in [2.75, 3.05) is 39.4 Å². The van der Waals surface area contributed by atoms with Crippen molar-refractivity contribution < 1.29 is 14.6 Å². The molecule has 2 aliphatic rings. The van der Waals surface area contributed by atoms with Crippen LogP contribution < -0.4 is 5.32 Å². The highest BCUT2D eigenvalue weighted by atomic mass is 16.5. The Balaban J connectivity index is 1.98. The van der Waals surface area contributed by atoms with Crippen molar-refractivity contribution >= 4 is 5.97 Å². The van der Waals surface area contributed by atoms with Gasteiger partial charge < -0.3 is 15.2 Å².